The zero-order valence-corrected chi connectivity index (χ0v) is 20.7. The first-order valence-electron chi connectivity index (χ1n) is 12.0. The van der Waals surface area contributed by atoms with Crippen molar-refractivity contribution < 1.29 is 0 Å². The van der Waals surface area contributed by atoms with Crippen molar-refractivity contribution in [1.29, 1.82) is 5.26 Å². The fraction of sp³-hybridized carbons (Fsp3) is 0.407. The van der Waals surface area contributed by atoms with Gasteiger partial charge in [-0.3, -0.25) is 0 Å². The molecule has 34 heavy (non-hydrogen) atoms. The molecule has 0 saturated heterocycles. The lowest BCUT2D eigenvalue weighted by Crippen LogP contribution is -2.38. The van der Waals surface area contributed by atoms with Gasteiger partial charge in [-0.05, 0) is 61.7 Å². The fourth-order valence-corrected chi connectivity index (χ4v) is 6.15. The largest absolute Gasteiger partial charge is 0.391 e. The van der Waals surface area contributed by atoms with Gasteiger partial charge in [0.2, 0.25) is 0 Å². The van der Waals surface area contributed by atoms with Gasteiger partial charge in [-0.2, -0.15) is 5.26 Å². The van der Waals surface area contributed by atoms with E-state index >= 15 is 0 Å². The fourth-order valence-electron chi connectivity index (χ4n) is 5.85. The van der Waals surface area contributed by atoms with Crippen molar-refractivity contribution in [3.05, 3.63) is 59.3 Å². The number of aromatic amines is 1. The minimum atomic E-state index is 0.345. The predicted molar refractivity (Wildman–Crippen MR) is 141 cm³/mol. The summed E-state index contributed by atoms with van der Waals surface area (Å²) in [7, 11) is 4.01. The van der Waals surface area contributed by atoms with Crippen molar-refractivity contribution in [2.24, 2.45) is 5.92 Å². The number of anilines is 2. The van der Waals surface area contributed by atoms with Gasteiger partial charge >= 0.3 is 0 Å². The van der Waals surface area contributed by atoms with E-state index < -0.39 is 0 Å². The summed E-state index contributed by atoms with van der Waals surface area (Å²) in [5.41, 5.74) is 7.52. The highest BCUT2D eigenvalue weighted by Crippen LogP contribution is 2.51. The standard InChI is InChI=1S/C27H31ClN6/c1-5-18-14-19(8-11-21(18)30-3)23-24-25-22(15-31-27(24)32-26(23)28)33(4)16(2)34(25)20-9-6-17(7-10-20)12-13-29/h5,14-15,17,20,30H,1-2,6-12H2,3-4H3,(H,31,32). The molecule has 0 spiro atoms. The van der Waals surface area contributed by atoms with Crippen molar-refractivity contribution in [2.75, 3.05) is 23.9 Å². The predicted octanol–water partition coefficient (Wildman–Crippen LogP) is 6.25. The number of nitrogens with zero attached hydrogens (tertiary/aromatic N) is 4. The zero-order valence-electron chi connectivity index (χ0n) is 19.9. The van der Waals surface area contributed by atoms with Crippen molar-refractivity contribution in [1.82, 2.24) is 15.3 Å². The van der Waals surface area contributed by atoms with Crippen molar-refractivity contribution in [3.63, 3.8) is 0 Å². The number of hydrogen-bond donors (Lipinski definition) is 2. The van der Waals surface area contributed by atoms with Crippen LogP contribution in [0.5, 0.6) is 0 Å². The molecule has 1 saturated carbocycles. The molecule has 6 nitrogen and oxygen atoms in total. The van der Waals surface area contributed by atoms with Crippen LogP contribution >= 0.6 is 11.6 Å². The Balaban J connectivity index is 1.64. The van der Waals surface area contributed by atoms with Crippen molar-refractivity contribution >= 4 is 39.6 Å². The molecule has 2 aromatic heterocycles. The lowest BCUT2D eigenvalue weighted by atomic mass is 9.83. The normalized spacial score (nSPS) is 22.6. The molecule has 0 radical (unpaired) electrons. The summed E-state index contributed by atoms with van der Waals surface area (Å²) in [4.78, 5) is 12.6. The van der Waals surface area contributed by atoms with Gasteiger partial charge in [-0.1, -0.05) is 30.8 Å². The van der Waals surface area contributed by atoms with Crippen LogP contribution in [-0.4, -0.2) is 30.1 Å². The summed E-state index contributed by atoms with van der Waals surface area (Å²) < 4.78 is 0. The van der Waals surface area contributed by atoms with Crippen LogP contribution in [0.4, 0.5) is 11.4 Å². The Bertz CT molecular complexity index is 1270. The number of nitriles is 1. The molecule has 2 aliphatic carbocycles. The van der Waals surface area contributed by atoms with Gasteiger partial charge in [0.05, 0.1) is 29.0 Å². The lowest BCUT2D eigenvalue weighted by molar-refractivity contribution is 0.326. The van der Waals surface area contributed by atoms with Crippen molar-refractivity contribution in [2.45, 2.75) is 51.0 Å². The number of nitrogens with one attached hydrogen (secondary N) is 2. The first-order valence-corrected chi connectivity index (χ1v) is 12.4. The maximum atomic E-state index is 9.12. The summed E-state index contributed by atoms with van der Waals surface area (Å²) in [5, 5.41) is 14.1. The van der Waals surface area contributed by atoms with Gasteiger partial charge < -0.3 is 20.1 Å². The van der Waals surface area contributed by atoms with E-state index in [1.807, 2.05) is 19.3 Å². The number of rotatable bonds is 5. The van der Waals surface area contributed by atoms with Gasteiger partial charge in [-0.25, -0.2) is 4.98 Å². The second kappa shape index (κ2) is 8.88. The zero-order chi connectivity index (χ0) is 24.0. The van der Waals surface area contributed by atoms with E-state index in [4.69, 9.17) is 21.8 Å². The molecule has 176 valence electrons. The third-order valence-corrected chi connectivity index (χ3v) is 8.01. The summed E-state index contributed by atoms with van der Waals surface area (Å²) in [6.07, 6.45) is 12.7. The molecule has 7 heteroatoms. The molecule has 0 amide bonds. The highest BCUT2D eigenvalue weighted by molar-refractivity contribution is 6.34. The Hall–Kier alpha value is -3.17. The lowest BCUT2D eigenvalue weighted by Gasteiger charge is -2.36. The van der Waals surface area contributed by atoms with E-state index in [0.717, 1.165) is 77.9 Å². The summed E-state index contributed by atoms with van der Waals surface area (Å²) in [6, 6.07) is 2.70. The Morgan fingerprint density at radius 1 is 1.32 bits per heavy atom. The van der Waals surface area contributed by atoms with Crippen LogP contribution < -0.4 is 15.1 Å². The van der Waals surface area contributed by atoms with Crippen LogP contribution in [0, 0.1) is 17.2 Å². The number of aromatic nitrogens is 2. The Kier molecular flexibility index (Phi) is 5.91. The van der Waals surface area contributed by atoms with Gasteiger partial charge in [0.25, 0.3) is 0 Å². The average Bonchev–Trinajstić information content (AvgIpc) is 3.32. The number of pyridine rings is 1. The Morgan fingerprint density at radius 3 is 2.76 bits per heavy atom. The molecule has 1 fully saturated rings. The number of H-pyrrole nitrogens is 1. The Labute approximate surface area is 206 Å². The van der Waals surface area contributed by atoms with Gasteiger partial charge in [0.15, 0.2) is 0 Å². The minimum Gasteiger partial charge on any atom is -0.391 e. The second-order valence-electron chi connectivity index (χ2n) is 9.47. The monoisotopic (exact) mass is 474 g/mol. The summed E-state index contributed by atoms with van der Waals surface area (Å²) in [5.74, 6) is 1.47. The van der Waals surface area contributed by atoms with E-state index in [1.165, 1.54) is 11.3 Å². The molecule has 0 atom stereocenters. The molecule has 3 heterocycles. The number of fused-ring (bicyclic) bond motifs is 3. The van der Waals surface area contributed by atoms with Crippen LogP contribution in [0.15, 0.2) is 48.6 Å². The van der Waals surface area contributed by atoms with Gasteiger partial charge in [0.1, 0.15) is 16.6 Å². The average molecular weight is 475 g/mol. The maximum Gasteiger partial charge on any atom is 0.141 e. The summed E-state index contributed by atoms with van der Waals surface area (Å²) in [6.45, 7) is 8.46. The van der Waals surface area contributed by atoms with Gasteiger partial charge in [0, 0.05) is 37.8 Å². The molecule has 1 aliphatic heterocycles. The smallest absolute Gasteiger partial charge is 0.141 e. The van der Waals surface area contributed by atoms with E-state index in [0.29, 0.717) is 23.5 Å². The van der Waals surface area contributed by atoms with Crippen LogP contribution in [-0.2, 0) is 0 Å². The molecule has 2 aromatic rings. The summed E-state index contributed by atoms with van der Waals surface area (Å²) >= 11 is 6.84. The van der Waals surface area contributed by atoms with E-state index in [9.17, 15) is 0 Å². The van der Waals surface area contributed by atoms with Gasteiger partial charge in [-0.15, -0.1) is 0 Å². The van der Waals surface area contributed by atoms with Crippen molar-refractivity contribution in [3.8, 4) is 6.07 Å². The molecule has 5 rings (SSSR count). The maximum absolute atomic E-state index is 9.12. The molecular weight excluding hydrogens is 444 g/mol. The molecule has 0 bridgehead atoms. The highest BCUT2D eigenvalue weighted by atomic mass is 35.5. The second-order valence-corrected chi connectivity index (χ2v) is 9.85. The molecule has 0 aromatic carbocycles. The van der Waals surface area contributed by atoms with E-state index in [1.54, 1.807) is 0 Å². The van der Waals surface area contributed by atoms with Crippen LogP contribution in [0.25, 0.3) is 16.6 Å². The molecule has 2 N–H and O–H groups in total. The number of hydrogen-bond acceptors (Lipinski definition) is 5. The van der Waals surface area contributed by atoms with E-state index in [-0.39, 0.29) is 0 Å². The molecular formula is C27H31ClN6. The SMILES string of the molecule is C=CC1=C(NC)CCC(c2c(Cl)[nH]c3ncc4c(c23)N(C2CCC(CC#N)CC2)C(=C)N4C)=C1. The quantitative estimate of drug-likeness (QED) is 0.535. The third kappa shape index (κ3) is 3.50. The Morgan fingerprint density at radius 2 is 2.09 bits per heavy atom. The first-order chi connectivity index (χ1) is 16.5. The minimum absolute atomic E-state index is 0.345. The van der Waals surface area contributed by atoms with Crippen LogP contribution in [0.2, 0.25) is 5.15 Å². The first kappa shape index (κ1) is 22.6. The molecule has 3 aliphatic rings. The van der Waals surface area contributed by atoms with Crippen LogP contribution in [0.1, 0.15) is 50.5 Å². The number of allylic oxidation sites excluding steroid dienone is 5. The molecule has 0 unspecified atom stereocenters. The topological polar surface area (TPSA) is 71.0 Å². The number of halogens is 1. The highest BCUT2D eigenvalue weighted by Gasteiger charge is 2.38. The van der Waals surface area contributed by atoms with E-state index in [2.05, 4.69) is 52.5 Å². The third-order valence-electron chi connectivity index (χ3n) is 7.72. The van der Waals surface area contributed by atoms with Crippen LogP contribution in [0.3, 0.4) is 0 Å².